The number of furan rings is 1. The van der Waals surface area contributed by atoms with Crippen LogP contribution in [0.25, 0.3) is 0 Å². The number of carbonyl (C=O) groups is 2. The van der Waals surface area contributed by atoms with Gasteiger partial charge in [0.05, 0.1) is 18.5 Å². The van der Waals surface area contributed by atoms with Gasteiger partial charge in [0.15, 0.2) is 10.9 Å². The molecular formula is C17H21N3O4S. The van der Waals surface area contributed by atoms with Gasteiger partial charge in [0.2, 0.25) is 0 Å². The Morgan fingerprint density at radius 3 is 2.80 bits per heavy atom. The van der Waals surface area contributed by atoms with Gasteiger partial charge in [0.25, 0.3) is 5.91 Å². The Kier molecular flexibility index (Phi) is 4.55. The molecule has 0 atom stereocenters. The first-order chi connectivity index (χ1) is 11.7. The smallest absolute Gasteiger partial charge is 0.410 e. The minimum absolute atomic E-state index is 0.281. The van der Waals surface area contributed by atoms with E-state index in [1.165, 1.54) is 17.6 Å². The van der Waals surface area contributed by atoms with Gasteiger partial charge in [-0.25, -0.2) is 9.78 Å². The fourth-order valence-corrected chi connectivity index (χ4v) is 3.51. The van der Waals surface area contributed by atoms with Crippen molar-refractivity contribution in [3.63, 3.8) is 0 Å². The van der Waals surface area contributed by atoms with Crippen LogP contribution in [0.5, 0.6) is 0 Å². The zero-order valence-electron chi connectivity index (χ0n) is 14.7. The maximum atomic E-state index is 12.2. The van der Waals surface area contributed by atoms with Crippen molar-refractivity contribution in [2.75, 3.05) is 11.9 Å². The number of nitrogens with one attached hydrogen (secondary N) is 1. The van der Waals surface area contributed by atoms with Crippen LogP contribution in [-0.2, 0) is 17.7 Å². The fourth-order valence-electron chi connectivity index (χ4n) is 2.49. The van der Waals surface area contributed by atoms with E-state index in [1.807, 2.05) is 27.7 Å². The normalized spacial score (nSPS) is 14.2. The fraction of sp³-hybridized carbons (Fsp3) is 0.471. The standard InChI is InChI=1S/C17H21N3O4S/c1-10-6-8-23-13(10)14(21)19-15-18-11-5-7-20(9-12(11)25-15)16(22)24-17(2,3)4/h6,8H,5,7,9H2,1-4H3,(H,18,19,21). The van der Waals surface area contributed by atoms with Crippen LogP contribution in [0.4, 0.5) is 9.93 Å². The second-order valence-corrected chi connectivity index (χ2v) is 8.01. The molecule has 0 fully saturated rings. The van der Waals surface area contributed by atoms with Gasteiger partial charge in [-0.2, -0.15) is 0 Å². The number of aryl methyl sites for hydroxylation is 1. The number of ether oxygens (including phenoxy) is 1. The monoisotopic (exact) mass is 363 g/mol. The summed E-state index contributed by atoms with van der Waals surface area (Å²) in [5.74, 6) is -0.0406. The predicted octanol–water partition coefficient (Wildman–Crippen LogP) is 3.59. The molecule has 2 amide bonds. The molecule has 0 unspecified atom stereocenters. The van der Waals surface area contributed by atoms with Crippen molar-refractivity contribution < 1.29 is 18.7 Å². The largest absolute Gasteiger partial charge is 0.459 e. The second-order valence-electron chi connectivity index (χ2n) is 6.93. The SMILES string of the molecule is Cc1ccoc1C(=O)Nc1nc2c(s1)CN(C(=O)OC(C)(C)C)CC2. The molecule has 1 aliphatic heterocycles. The number of anilines is 1. The third kappa shape index (κ3) is 4.01. The van der Waals surface area contributed by atoms with Crippen LogP contribution in [0.2, 0.25) is 0 Å². The third-order valence-electron chi connectivity index (χ3n) is 3.67. The summed E-state index contributed by atoms with van der Waals surface area (Å²) >= 11 is 1.37. The van der Waals surface area contributed by atoms with Crippen LogP contribution in [0.15, 0.2) is 16.7 Å². The van der Waals surface area contributed by atoms with Crippen LogP contribution in [0, 0.1) is 6.92 Å². The lowest BCUT2D eigenvalue weighted by molar-refractivity contribution is 0.0225. The van der Waals surface area contributed by atoms with Gasteiger partial charge in [-0.15, -0.1) is 0 Å². The third-order valence-corrected chi connectivity index (χ3v) is 4.67. The van der Waals surface area contributed by atoms with E-state index >= 15 is 0 Å². The zero-order chi connectivity index (χ0) is 18.2. The van der Waals surface area contributed by atoms with Gasteiger partial charge < -0.3 is 14.1 Å². The summed E-state index contributed by atoms with van der Waals surface area (Å²) < 4.78 is 10.6. The number of amides is 2. The molecule has 3 heterocycles. The zero-order valence-corrected chi connectivity index (χ0v) is 15.5. The summed E-state index contributed by atoms with van der Waals surface area (Å²) in [5, 5.41) is 3.28. The van der Waals surface area contributed by atoms with Crippen LogP contribution in [0.3, 0.4) is 0 Å². The number of hydrogen-bond donors (Lipinski definition) is 1. The van der Waals surface area contributed by atoms with Crippen LogP contribution in [0.1, 0.15) is 47.5 Å². The van der Waals surface area contributed by atoms with E-state index in [-0.39, 0.29) is 17.8 Å². The number of carbonyl (C=O) groups excluding carboxylic acids is 2. The molecule has 7 nitrogen and oxygen atoms in total. The molecule has 0 bridgehead atoms. The highest BCUT2D eigenvalue weighted by Gasteiger charge is 2.28. The molecule has 0 saturated carbocycles. The molecule has 0 aliphatic carbocycles. The number of fused-ring (bicyclic) bond motifs is 1. The van der Waals surface area contributed by atoms with E-state index in [9.17, 15) is 9.59 Å². The van der Waals surface area contributed by atoms with E-state index in [0.717, 1.165) is 16.1 Å². The van der Waals surface area contributed by atoms with Crippen molar-refractivity contribution in [3.05, 3.63) is 34.2 Å². The Hall–Kier alpha value is -2.35. The molecule has 0 saturated heterocycles. The second kappa shape index (κ2) is 6.51. The van der Waals surface area contributed by atoms with Gasteiger partial charge in [0, 0.05) is 23.4 Å². The van der Waals surface area contributed by atoms with Crippen molar-refractivity contribution in [1.29, 1.82) is 0 Å². The highest BCUT2D eigenvalue weighted by Crippen LogP contribution is 2.29. The highest BCUT2D eigenvalue weighted by molar-refractivity contribution is 7.15. The van der Waals surface area contributed by atoms with Crippen LogP contribution < -0.4 is 5.32 Å². The van der Waals surface area contributed by atoms with Gasteiger partial charge in [-0.3, -0.25) is 10.1 Å². The van der Waals surface area contributed by atoms with E-state index in [0.29, 0.717) is 24.6 Å². The molecule has 1 aliphatic rings. The van der Waals surface area contributed by atoms with Crippen LogP contribution >= 0.6 is 11.3 Å². The number of hydrogen-bond acceptors (Lipinski definition) is 6. The molecule has 0 radical (unpaired) electrons. The Labute approximate surface area is 150 Å². The molecule has 8 heteroatoms. The topological polar surface area (TPSA) is 84.7 Å². The highest BCUT2D eigenvalue weighted by atomic mass is 32.1. The molecule has 3 rings (SSSR count). The van der Waals surface area contributed by atoms with E-state index in [2.05, 4.69) is 10.3 Å². The van der Waals surface area contributed by atoms with Gasteiger partial charge in [-0.05, 0) is 33.8 Å². The molecule has 0 spiro atoms. The summed E-state index contributed by atoms with van der Waals surface area (Å²) in [6, 6.07) is 1.74. The Morgan fingerprint density at radius 2 is 2.16 bits per heavy atom. The summed E-state index contributed by atoms with van der Waals surface area (Å²) in [4.78, 5) is 31.5. The lowest BCUT2D eigenvalue weighted by atomic mass is 10.2. The number of thiazole rings is 1. The maximum Gasteiger partial charge on any atom is 0.410 e. The average molecular weight is 363 g/mol. The molecule has 1 N–H and O–H groups in total. The first-order valence-corrected chi connectivity index (χ1v) is 8.86. The first-order valence-electron chi connectivity index (χ1n) is 8.05. The Bertz CT molecular complexity index is 803. The Morgan fingerprint density at radius 1 is 1.40 bits per heavy atom. The first kappa shape index (κ1) is 17.5. The predicted molar refractivity (Wildman–Crippen MR) is 93.9 cm³/mol. The van der Waals surface area contributed by atoms with Crippen LogP contribution in [-0.4, -0.2) is 34.0 Å². The van der Waals surface area contributed by atoms with Gasteiger partial charge in [0.1, 0.15) is 5.60 Å². The number of nitrogens with zero attached hydrogens (tertiary/aromatic N) is 2. The molecular weight excluding hydrogens is 342 g/mol. The lowest BCUT2D eigenvalue weighted by Crippen LogP contribution is -2.39. The maximum absolute atomic E-state index is 12.2. The lowest BCUT2D eigenvalue weighted by Gasteiger charge is -2.29. The van der Waals surface area contributed by atoms with E-state index in [1.54, 1.807) is 11.0 Å². The van der Waals surface area contributed by atoms with Gasteiger partial charge in [-0.1, -0.05) is 11.3 Å². The average Bonchev–Trinajstić information content (AvgIpc) is 3.09. The van der Waals surface area contributed by atoms with Crippen molar-refractivity contribution in [3.8, 4) is 0 Å². The molecule has 134 valence electrons. The minimum atomic E-state index is -0.523. The summed E-state index contributed by atoms with van der Waals surface area (Å²) in [6.07, 6.45) is 1.79. The minimum Gasteiger partial charge on any atom is -0.459 e. The molecule has 25 heavy (non-hydrogen) atoms. The summed E-state index contributed by atoms with van der Waals surface area (Å²) in [5.41, 5.74) is 1.16. The number of rotatable bonds is 2. The summed E-state index contributed by atoms with van der Waals surface area (Å²) in [7, 11) is 0. The molecule has 2 aromatic rings. The van der Waals surface area contributed by atoms with E-state index < -0.39 is 5.60 Å². The van der Waals surface area contributed by atoms with Crippen molar-refractivity contribution in [2.24, 2.45) is 0 Å². The van der Waals surface area contributed by atoms with E-state index in [4.69, 9.17) is 9.15 Å². The summed E-state index contributed by atoms with van der Waals surface area (Å²) in [6.45, 7) is 8.34. The molecule has 0 aromatic carbocycles. The van der Waals surface area contributed by atoms with Gasteiger partial charge >= 0.3 is 6.09 Å². The quantitative estimate of drug-likeness (QED) is 0.881. The van der Waals surface area contributed by atoms with Crippen molar-refractivity contribution in [2.45, 2.75) is 46.3 Å². The van der Waals surface area contributed by atoms with Crippen molar-refractivity contribution >= 4 is 28.5 Å². The molecule has 2 aromatic heterocycles. The Balaban J connectivity index is 1.68. The van der Waals surface area contributed by atoms with Crippen molar-refractivity contribution in [1.82, 2.24) is 9.88 Å². The number of aromatic nitrogens is 1.